The second-order valence-corrected chi connectivity index (χ2v) is 7.31. The number of hydrogen-bond donors (Lipinski definition) is 1. The van der Waals surface area contributed by atoms with Crippen molar-refractivity contribution in [1.82, 2.24) is 10.2 Å². The zero-order valence-electron chi connectivity index (χ0n) is 11.6. The number of carbonyl (C=O) groups excluding carboxylic acids is 1. The van der Waals surface area contributed by atoms with Gasteiger partial charge in [0.1, 0.15) is 5.54 Å². The molecule has 0 saturated heterocycles. The van der Waals surface area contributed by atoms with Gasteiger partial charge in [0.25, 0.3) is 0 Å². The van der Waals surface area contributed by atoms with Crippen LogP contribution in [0.4, 0.5) is 0 Å². The smallest absolute Gasteiger partial charge is 0.235 e. The van der Waals surface area contributed by atoms with Crippen molar-refractivity contribution in [2.75, 3.05) is 13.6 Å². The molecule has 0 aromatic carbocycles. The van der Waals surface area contributed by atoms with Gasteiger partial charge in [0.05, 0.1) is 17.0 Å². The molecule has 108 valence electrons. The van der Waals surface area contributed by atoms with E-state index >= 15 is 0 Å². The monoisotopic (exact) mass is 311 g/mol. The van der Waals surface area contributed by atoms with Crippen molar-refractivity contribution in [3.63, 3.8) is 0 Å². The van der Waals surface area contributed by atoms with Crippen LogP contribution in [0.2, 0.25) is 4.34 Å². The lowest BCUT2D eigenvalue weighted by Gasteiger charge is -2.24. The van der Waals surface area contributed by atoms with E-state index in [1.807, 2.05) is 31.0 Å². The van der Waals surface area contributed by atoms with Crippen LogP contribution < -0.4 is 5.32 Å². The average Bonchev–Trinajstić information content (AvgIpc) is 3.14. The molecule has 6 heteroatoms. The Morgan fingerprint density at radius 3 is 2.85 bits per heavy atom. The lowest BCUT2D eigenvalue weighted by molar-refractivity contribution is -0.123. The summed E-state index contributed by atoms with van der Waals surface area (Å²) in [5.74, 6) is 0.198. The molecule has 1 amide bonds. The van der Waals surface area contributed by atoms with Crippen LogP contribution in [0.15, 0.2) is 12.1 Å². The van der Waals surface area contributed by atoms with Crippen LogP contribution in [-0.4, -0.2) is 29.9 Å². The lowest BCUT2D eigenvalue weighted by Crippen LogP contribution is -2.49. The van der Waals surface area contributed by atoms with Gasteiger partial charge in [-0.2, -0.15) is 5.26 Å². The Labute approximate surface area is 128 Å². The predicted molar refractivity (Wildman–Crippen MR) is 80.5 cm³/mol. The molecule has 2 rings (SSSR count). The first kappa shape index (κ1) is 15.3. The molecular weight excluding hydrogens is 294 g/mol. The average molecular weight is 312 g/mol. The number of carbonyl (C=O) groups is 1. The Hall–Kier alpha value is -1.09. The molecule has 0 radical (unpaired) electrons. The Morgan fingerprint density at radius 1 is 1.65 bits per heavy atom. The quantitative estimate of drug-likeness (QED) is 0.878. The highest BCUT2D eigenvalue weighted by molar-refractivity contribution is 7.16. The van der Waals surface area contributed by atoms with E-state index < -0.39 is 5.54 Å². The maximum Gasteiger partial charge on any atom is 0.235 e. The minimum atomic E-state index is -0.718. The molecule has 1 aliphatic rings. The van der Waals surface area contributed by atoms with Crippen LogP contribution in [0.3, 0.4) is 0 Å². The van der Waals surface area contributed by atoms with E-state index in [1.165, 1.54) is 11.3 Å². The van der Waals surface area contributed by atoms with Gasteiger partial charge in [-0.25, -0.2) is 0 Å². The van der Waals surface area contributed by atoms with E-state index in [-0.39, 0.29) is 12.5 Å². The summed E-state index contributed by atoms with van der Waals surface area (Å²) in [5, 5.41) is 12.1. The Kier molecular flexibility index (Phi) is 4.69. The minimum Gasteiger partial charge on any atom is -0.337 e. The van der Waals surface area contributed by atoms with Crippen molar-refractivity contribution in [2.45, 2.75) is 31.8 Å². The molecule has 0 aliphatic heterocycles. The van der Waals surface area contributed by atoms with Crippen molar-refractivity contribution in [3.05, 3.63) is 21.3 Å². The van der Waals surface area contributed by atoms with Gasteiger partial charge in [0.2, 0.25) is 5.91 Å². The van der Waals surface area contributed by atoms with E-state index in [0.717, 1.165) is 22.1 Å². The standard InChI is InChI=1S/C14H18ClN3OS/c1-14(9-16,10-3-4-10)17-13(19)8-18(2)7-11-5-6-12(15)20-11/h5-6,10H,3-4,7-8H2,1-2H3,(H,17,19)/t14-/m1/s1. The van der Waals surface area contributed by atoms with Crippen molar-refractivity contribution >= 4 is 28.8 Å². The molecule has 0 unspecified atom stereocenters. The molecule has 1 saturated carbocycles. The molecule has 1 aromatic rings. The highest BCUT2D eigenvalue weighted by Gasteiger charge is 2.42. The summed E-state index contributed by atoms with van der Waals surface area (Å²) >= 11 is 7.40. The van der Waals surface area contributed by atoms with Crippen LogP contribution in [-0.2, 0) is 11.3 Å². The molecule has 1 aliphatic carbocycles. The number of nitrogens with one attached hydrogen (secondary N) is 1. The van der Waals surface area contributed by atoms with E-state index in [1.54, 1.807) is 0 Å². The number of halogens is 1. The van der Waals surface area contributed by atoms with Gasteiger partial charge in [-0.1, -0.05) is 11.6 Å². The predicted octanol–water partition coefficient (Wildman–Crippen LogP) is 2.64. The fraction of sp³-hybridized carbons (Fsp3) is 0.571. The summed E-state index contributed by atoms with van der Waals surface area (Å²) in [5.41, 5.74) is -0.718. The third-order valence-electron chi connectivity index (χ3n) is 3.49. The Bertz CT molecular complexity index is 535. The first-order chi connectivity index (χ1) is 9.43. The first-order valence-corrected chi connectivity index (χ1v) is 7.77. The van der Waals surface area contributed by atoms with Crippen molar-refractivity contribution < 1.29 is 4.79 Å². The van der Waals surface area contributed by atoms with Gasteiger partial charge in [-0.15, -0.1) is 11.3 Å². The third kappa shape index (κ3) is 3.95. The summed E-state index contributed by atoms with van der Waals surface area (Å²) < 4.78 is 0.753. The second kappa shape index (κ2) is 6.13. The number of amides is 1. The first-order valence-electron chi connectivity index (χ1n) is 6.58. The zero-order chi connectivity index (χ0) is 14.8. The van der Waals surface area contributed by atoms with Crippen LogP contribution in [0, 0.1) is 17.2 Å². The van der Waals surface area contributed by atoms with Gasteiger partial charge in [-0.3, -0.25) is 9.69 Å². The summed E-state index contributed by atoms with van der Waals surface area (Å²) in [7, 11) is 1.88. The number of nitrogens with zero attached hydrogens (tertiary/aromatic N) is 2. The number of hydrogen-bond acceptors (Lipinski definition) is 4. The topological polar surface area (TPSA) is 56.1 Å². The molecule has 0 spiro atoms. The van der Waals surface area contributed by atoms with Crippen molar-refractivity contribution in [1.29, 1.82) is 5.26 Å². The van der Waals surface area contributed by atoms with Crippen LogP contribution in [0.1, 0.15) is 24.6 Å². The molecule has 0 bridgehead atoms. The van der Waals surface area contributed by atoms with Gasteiger partial charge in [-0.05, 0) is 44.9 Å². The number of thiophene rings is 1. The van der Waals surface area contributed by atoms with Crippen molar-refractivity contribution in [2.24, 2.45) is 5.92 Å². The molecule has 1 fully saturated rings. The summed E-state index contributed by atoms with van der Waals surface area (Å²) in [6.45, 7) is 2.76. The third-order valence-corrected chi connectivity index (χ3v) is 4.71. The molecule has 1 atom stereocenters. The molecule has 1 N–H and O–H groups in total. The Balaban J connectivity index is 1.83. The molecule has 1 heterocycles. The van der Waals surface area contributed by atoms with Crippen molar-refractivity contribution in [3.8, 4) is 6.07 Å². The highest BCUT2D eigenvalue weighted by Crippen LogP contribution is 2.39. The van der Waals surface area contributed by atoms with Gasteiger partial charge in [0, 0.05) is 11.4 Å². The number of nitriles is 1. The molecule has 20 heavy (non-hydrogen) atoms. The largest absolute Gasteiger partial charge is 0.337 e. The zero-order valence-corrected chi connectivity index (χ0v) is 13.2. The van der Waals surface area contributed by atoms with Crippen LogP contribution in [0.5, 0.6) is 0 Å². The molecule has 1 aromatic heterocycles. The SMILES string of the molecule is CN(CC(=O)N[C@](C)(C#N)C1CC1)Cc1ccc(Cl)s1. The second-order valence-electron chi connectivity index (χ2n) is 5.51. The number of likely N-dealkylation sites (N-methyl/N-ethyl adjacent to an activating group) is 1. The summed E-state index contributed by atoms with van der Waals surface area (Å²) in [6, 6.07) is 6.05. The highest BCUT2D eigenvalue weighted by atomic mass is 35.5. The fourth-order valence-corrected chi connectivity index (χ4v) is 3.38. The summed E-state index contributed by atoms with van der Waals surface area (Å²) in [4.78, 5) is 15.1. The van der Waals surface area contributed by atoms with E-state index in [0.29, 0.717) is 12.5 Å². The Morgan fingerprint density at radius 2 is 2.35 bits per heavy atom. The molecule has 4 nitrogen and oxygen atoms in total. The normalized spacial score (nSPS) is 17.6. The molecular formula is C14H18ClN3OS. The number of rotatable bonds is 6. The van der Waals surface area contributed by atoms with Gasteiger partial charge in [0.15, 0.2) is 0 Å². The maximum atomic E-state index is 12.0. The minimum absolute atomic E-state index is 0.105. The fourth-order valence-electron chi connectivity index (χ4n) is 2.21. The van der Waals surface area contributed by atoms with E-state index in [2.05, 4.69) is 11.4 Å². The van der Waals surface area contributed by atoms with E-state index in [9.17, 15) is 10.1 Å². The van der Waals surface area contributed by atoms with Crippen LogP contribution in [0.25, 0.3) is 0 Å². The van der Waals surface area contributed by atoms with Crippen LogP contribution >= 0.6 is 22.9 Å². The van der Waals surface area contributed by atoms with Gasteiger partial charge >= 0.3 is 0 Å². The maximum absolute atomic E-state index is 12.0. The summed E-state index contributed by atoms with van der Waals surface area (Å²) in [6.07, 6.45) is 2.04. The van der Waals surface area contributed by atoms with E-state index in [4.69, 9.17) is 11.6 Å². The van der Waals surface area contributed by atoms with Gasteiger partial charge < -0.3 is 5.32 Å². The lowest BCUT2D eigenvalue weighted by atomic mass is 9.98.